The van der Waals surface area contributed by atoms with Crippen molar-refractivity contribution in [1.82, 2.24) is 24.8 Å². The van der Waals surface area contributed by atoms with Gasteiger partial charge in [-0.1, -0.05) is 24.3 Å². The topological polar surface area (TPSA) is 46.0 Å². The number of aryl methyl sites for hydroxylation is 1. The normalized spacial score (nSPS) is 18.1. The van der Waals surface area contributed by atoms with Gasteiger partial charge in [0.15, 0.2) is 5.11 Å². The molecule has 1 aliphatic heterocycles. The number of hydrogen-bond acceptors (Lipinski definition) is 3. The van der Waals surface area contributed by atoms with E-state index in [0.717, 1.165) is 16.5 Å². The highest BCUT2D eigenvalue weighted by Crippen LogP contribution is 2.42. The summed E-state index contributed by atoms with van der Waals surface area (Å²) in [5, 5.41) is 4.30. The summed E-state index contributed by atoms with van der Waals surface area (Å²) in [6, 6.07) is 22.9. The fourth-order valence-electron chi connectivity index (χ4n) is 4.66. The van der Waals surface area contributed by atoms with Gasteiger partial charge in [-0.15, -0.1) is 0 Å². The maximum absolute atomic E-state index is 5.83. The molecule has 0 aliphatic carbocycles. The van der Waals surface area contributed by atoms with Gasteiger partial charge in [-0.05, 0) is 79.7 Å². The third-order valence-corrected chi connectivity index (χ3v) is 6.46. The average Bonchev–Trinajstić information content (AvgIpc) is 3.30. The molecule has 4 aromatic rings. The Kier molecular flexibility index (Phi) is 5.45. The van der Waals surface area contributed by atoms with Crippen molar-refractivity contribution < 1.29 is 0 Å². The predicted molar refractivity (Wildman–Crippen MR) is 130 cm³/mol. The van der Waals surface area contributed by atoms with E-state index in [4.69, 9.17) is 12.2 Å². The maximum atomic E-state index is 5.83. The molecule has 0 radical (unpaired) electrons. The highest BCUT2D eigenvalue weighted by molar-refractivity contribution is 7.80. The lowest BCUT2D eigenvalue weighted by molar-refractivity contribution is 0.310. The standard InChI is InChI=1S/C26H25N5S/c1-18-16-22(19(2)31(18)21-8-4-3-5-9-21)25-24(23-10-6-7-13-28-23)29-26(32)30(25)17-20-11-14-27-15-12-20/h3-16,24-25H,17H2,1-2H3,(H,29,32). The minimum absolute atomic E-state index is 0.0224. The molecule has 0 saturated carbocycles. The second-order valence-corrected chi connectivity index (χ2v) is 8.49. The van der Waals surface area contributed by atoms with Crippen LogP contribution < -0.4 is 5.32 Å². The molecule has 1 aliphatic rings. The van der Waals surface area contributed by atoms with E-state index in [1.807, 2.05) is 48.9 Å². The first-order valence-corrected chi connectivity index (χ1v) is 11.2. The van der Waals surface area contributed by atoms with Crippen LogP contribution in [0.2, 0.25) is 0 Å². The lowest BCUT2D eigenvalue weighted by Gasteiger charge is -2.28. The number of nitrogens with one attached hydrogen (secondary N) is 1. The number of nitrogens with zero attached hydrogens (tertiary/aromatic N) is 4. The van der Waals surface area contributed by atoms with Gasteiger partial charge in [-0.3, -0.25) is 9.97 Å². The molecular formula is C26H25N5S. The summed E-state index contributed by atoms with van der Waals surface area (Å²) in [6.45, 7) is 5.06. The van der Waals surface area contributed by atoms with Crippen molar-refractivity contribution in [1.29, 1.82) is 0 Å². The van der Waals surface area contributed by atoms with E-state index in [-0.39, 0.29) is 12.1 Å². The van der Waals surface area contributed by atoms with Crippen molar-refractivity contribution in [2.45, 2.75) is 32.5 Å². The molecule has 32 heavy (non-hydrogen) atoms. The first-order valence-electron chi connectivity index (χ1n) is 10.7. The molecule has 5 rings (SSSR count). The first-order chi connectivity index (χ1) is 15.6. The van der Waals surface area contributed by atoms with Crippen molar-refractivity contribution in [2.24, 2.45) is 0 Å². The summed E-state index contributed by atoms with van der Waals surface area (Å²) >= 11 is 5.83. The van der Waals surface area contributed by atoms with Crippen molar-refractivity contribution >= 4 is 17.3 Å². The lowest BCUT2D eigenvalue weighted by atomic mass is 9.96. The smallest absolute Gasteiger partial charge is 0.170 e. The Balaban J connectivity index is 1.62. The number of rotatable bonds is 5. The predicted octanol–water partition coefficient (Wildman–Crippen LogP) is 5.06. The Morgan fingerprint density at radius 2 is 1.69 bits per heavy atom. The van der Waals surface area contributed by atoms with Crippen LogP contribution in [0.3, 0.4) is 0 Å². The molecule has 2 unspecified atom stereocenters. The Hall–Kier alpha value is -3.51. The van der Waals surface area contributed by atoms with E-state index in [0.29, 0.717) is 6.54 Å². The van der Waals surface area contributed by atoms with Gasteiger partial charge in [-0.25, -0.2) is 0 Å². The van der Waals surface area contributed by atoms with Gasteiger partial charge in [0.05, 0.1) is 17.8 Å². The SMILES string of the molecule is Cc1cc(C2C(c3ccccn3)NC(=S)N2Cc2ccncc2)c(C)n1-c1ccccc1. The molecule has 1 saturated heterocycles. The molecule has 0 bridgehead atoms. The Morgan fingerprint density at radius 3 is 2.41 bits per heavy atom. The molecule has 0 amide bonds. The maximum Gasteiger partial charge on any atom is 0.170 e. The van der Waals surface area contributed by atoms with E-state index >= 15 is 0 Å². The highest BCUT2D eigenvalue weighted by atomic mass is 32.1. The molecule has 6 heteroatoms. The van der Waals surface area contributed by atoms with E-state index in [9.17, 15) is 0 Å². The molecule has 0 spiro atoms. The first kappa shape index (κ1) is 20.4. The molecule has 5 nitrogen and oxygen atoms in total. The van der Waals surface area contributed by atoms with Gasteiger partial charge in [0.2, 0.25) is 0 Å². The number of benzene rings is 1. The zero-order chi connectivity index (χ0) is 22.1. The minimum atomic E-state index is -0.0322. The lowest BCUT2D eigenvalue weighted by Crippen LogP contribution is -2.29. The Labute approximate surface area is 193 Å². The van der Waals surface area contributed by atoms with Gasteiger partial charge in [0.25, 0.3) is 0 Å². The monoisotopic (exact) mass is 439 g/mol. The van der Waals surface area contributed by atoms with Crippen LogP contribution in [0.25, 0.3) is 5.69 Å². The molecule has 2 atom stereocenters. The number of thiocarbonyl (C=S) groups is 1. The van der Waals surface area contributed by atoms with Gasteiger partial charge < -0.3 is 14.8 Å². The van der Waals surface area contributed by atoms with Crippen molar-refractivity contribution in [3.63, 3.8) is 0 Å². The molecule has 1 fully saturated rings. The van der Waals surface area contributed by atoms with Gasteiger partial charge >= 0.3 is 0 Å². The average molecular weight is 440 g/mol. The van der Waals surface area contributed by atoms with Crippen LogP contribution in [0.15, 0.2) is 85.3 Å². The zero-order valence-corrected chi connectivity index (χ0v) is 19.0. The number of para-hydroxylation sites is 1. The van der Waals surface area contributed by atoms with Crippen LogP contribution in [0, 0.1) is 13.8 Å². The summed E-state index contributed by atoms with van der Waals surface area (Å²) in [4.78, 5) is 11.1. The van der Waals surface area contributed by atoms with Gasteiger partial charge in [0.1, 0.15) is 0 Å². The summed E-state index contributed by atoms with van der Waals surface area (Å²) in [6.07, 6.45) is 5.50. The second-order valence-electron chi connectivity index (χ2n) is 8.11. The number of aromatic nitrogens is 3. The van der Waals surface area contributed by atoms with Gasteiger partial charge in [0, 0.05) is 42.2 Å². The molecule has 3 aromatic heterocycles. The minimum Gasteiger partial charge on any atom is -0.352 e. The Morgan fingerprint density at radius 1 is 0.938 bits per heavy atom. The fraction of sp³-hybridized carbons (Fsp3) is 0.192. The third kappa shape index (κ3) is 3.67. The highest BCUT2D eigenvalue weighted by Gasteiger charge is 2.41. The summed E-state index contributed by atoms with van der Waals surface area (Å²) in [5.74, 6) is 0. The molecule has 4 heterocycles. The van der Waals surface area contributed by atoms with Crippen LogP contribution in [-0.4, -0.2) is 24.5 Å². The van der Waals surface area contributed by atoms with Crippen LogP contribution >= 0.6 is 12.2 Å². The van der Waals surface area contributed by atoms with Crippen molar-refractivity contribution in [3.8, 4) is 5.69 Å². The van der Waals surface area contributed by atoms with Crippen LogP contribution in [-0.2, 0) is 6.54 Å². The summed E-state index contributed by atoms with van der Waals surface area (Å²) in [5.41, 5.74) is 6.99. The van der Waals surface area contributed by atoms with E-state index < -0.39 is 0 Å². The van der Waals surface area contributed by atoms with Crippen molar-refractivity contribution in [3.05, 3.63) is 114 Å². The van der Waals surface area contributed by atoms with Crippen LogP contribution in [0.4, 0.5) is 0 Å². The summed E-state index contributed by atoms with van der Waals surface area (Å²) in [7, 11) is 0. The largest absolute Gasteiger partial charge is 0.352 e. The second kappa shape index (κ2) is 8.55. The molecular weight excluding hydrogens is 414 g/mol. The molecule has 160 valence electrons. The van der Waals surface area contributed by atoms with Gasteiger partial charge in [-0.2, -0.15) is 0 Å². The van der Waals surface area contributed by atoms with Crippen LogP contribution in [0.5, 0.6) is 0 Å². The van der Waals surface area contributed by atoms with Crippen LogP contribution in [0.1, 0.15) is 40.3 Å². The van der Waals surface area contributed by atoms with Crippen molar-refractivity contribution in [2.75, 3.05) is 0 Å². The quantitative estimate of drug-likeness (QED) is 0.441. The zero-order valence-electron chi connectivity index (χ0n) is 18.1. The Bertz CT molecular complexity index is 1220. The third-order valence-electron chi connectivity index (χ3n) is 6.10. The van der Waals surface area contributed by atoms with E-state index in [1.54, 1.807) is 0 Å². The summed E-state index contributed by atoms with van der Waals surface area (Å²) < 4.78 is 2.32. The van der Waals surface area contributed by atoms with E-state index in [2.05, 4.69) is 75.0 Å². The molecule has 1 aromatic carbocycles. The fourth-order valence-corrected chi connectivity index (χ4v) is 4.97. The van der Waals surface area contributed by atoms with E-state index in [1.165, 1.54) is 22.5 Å². The number of pyridine rings is 2. The number of hydrogen-bond donors (Lipinski definition) is 1. The molecule has 1 N–H and O–H groups in total.